The molecule has 0 aromatic heterocycles. The number of rotatable bonds is 15. The molecule has 0 saturated carbocycles. The molecule has 4 nitrogen and oxygen atoms in total. The van der Waals surface area contributed by atoms with Gasteiger partial charge in [0.15, 0.2) is 5.05 Å². The Balaban J connectivity index is 3.94. The van der Waals surface area contributed by atoms with Gasteiger partial charge in [0.1, 0.15) is 0 Å². The first-order chi connectivity index (χ1) is 10.5. The molecule has 0 bridgehead atoms. The summed E-state index contributed by atoms with van der Waals surface area (Å²) in [5.74, 6) is 0.473. The molecule has 1 unspecified atom stereocenters. The molecule has 1 atom stereocenters. The zero-order valence-electron chi connectivity index (χ0n) is 14.7. The van der Waals surface area contributed by atoms with Gasteiger partial charge in [-0.15, -0.1) is 0 Å². The summed E-state index contributed by atoms with van der Waals surface area (Å²) < 4.78 is 17.6. The van der Waals surface area contributed by atoms with E-state index in [1.807, 2.05) is 20.8 Å². The maximum Gasteiger partial charge on any atom is 0.500 e. The van der Waals surface area contributed by atoms with E-state index in [1.54, 1.807) is 0 Å². The van der Waals surface area contributed by atoms with Gasteiger partial charge in [-0.25, -0.2) is 0 Å². The Labute approximate surface area is 142 Å². The molecule has 22 heavy (non-hydrogen) atoms. The van der Waals surface area contributed by atoms with Crippen LogP contribution in [0.5, 0.6) is 0 Å². The average molecular weight is 351 g/mol. The monoisotopic (exact) mass is 350 g/mol. The van der Waals surface area contributed by atoms with Gasteiger partial charge >= 0.3 is 8.80 Å². The molecule has 132 valence electrons. The fourth-order valence-electron chi connectivity index (χ4n) is 2.59. The Morgan fingerprint density at radius 1 is 0.955 bits per heavy atom. The van der Waals surface area contributed by atoms with Gasteiger partial charge in [-0.1, -0.05) is 32.6 Å². The molecule has 1 N–H and O–H groups in total. The summed E-state index contributed by atoms with van der Waals surface area (Å²) in [6.45, 7) is 10.0. The average Bonchev–Trinajstić information content (AvgIpc) is 2.43. The number of unbranched alkanes of at least 4 members (excludes halogenated alkanes) is 3. The molecule has 0 aliphatic heterocycles. The van der Waals surface area contributed by atoms with E-state index in [0.717, 1.165) is 25.3 Å². The molecule has 0 aromatic rings. The first-order valence-electron chi connectivity index (χ1n) is 8.63. The van der Waals surface area contributed by atoms with Crippen molar-refractivity contribution in [3.63, 3.8) is 0 Å². The topological polar surface area (TPSA) is 47.9 Å². The van der Waals surface area contributed by atoms with Crippen LogP contribution in [0.3, 0.4) is 0 Å². The number of hydrogen-bond acceptors (Lipinski definition) is 4. The molecule has 0 heterocycles. The van der Waals surface area contributed by atoms with Gasteiger partial charge in [0.2, 0.25) is 0 Å². The SMILES string of the molecule is CCO[Si](CCCCCCC(C)CC(O)=S)(OCC)OCC. The van der Waals surface area contributed by atoms with Crippen LogP contribution in [0.15, 0.2) is 0 Å². The van der Waals surface area contributed by atoms with Crippen molar-refractivity contribution in [2.75, 3.05) is 19.8 Å². The molecule has 0 spiro atoms. The van der Waals surface area contributed by atoms with Crippen molar-refractivity contribution in [1.29, 1.82) is 0 Å². The van der Waals surface area contributed by atoms with Gasteiger partial charge < -0.3 is 18.4 Å². The maximum atomic E-state index is 9.10. The number of thiocarbonyl (C=S) groups is 1. The fraction of sp³-hybridized carbons (Fsp3) is 0.938. The van der Waals surface area contributed by atoms with E-state index in [-0.39, 0.29) is 5.05 Å². The minimum atomic E-state index is -2.45. The van der Waals surface area contributed by atoms with E-state index in [0.29, 0.717) is 32.2 Å². The zero-order valence-corrected chi connectivity index (χ0v) is 16.5. The number of aliphatic hydroxyl groups is 1. The second kappa shape index (κ2) is 13.4. The van der Waals surface area contributed by atoms with Crippen molar-refractivity contribution in [3.8, 4) is 0 Å². The predicted molar refractivity (Wildman–Crippen MR) is 97.5 cm³/mol. The lowest BCUT2D eigenvalue weighted by Crippen LogP contribution is -2.45. The van der Waals surface area contributed by atoms with Gasteiger partial charge in [0.25, 0.3) is 0 Å². The van der Waals surface area contributed by atoms with Crippen LogP contribution in [0.1, 0.15) is 66.2 Å². The van der Waals surface area contributed by atoms with Crippen LogP contribution in [0.2, 0.25) is 6.04 Å². The van der Waals surface area contributed by atoms with Crippen molar-refractivity contribution in [3.05, 3.63) is 0 Å². The first-order valence-corrected chi connectivity index (χ1v) is 11.0. The van der Waals surface area contributed by atoms with Crippen LogP contribution in [0.25, 0.3) is 0 Å². The van der Waals surface area contributed by atoms with Crippen LogP contribution < -0.4 is 0 Å². The van der Waals surface area contributed by atoms with Gasteiger partial charge in [0.05, 0.1) is 0 Å². The Hall–Kier alpha value is -0.0131. The largest absolute Gasteiger partial charge is 0.502 e. The summed E-state index contributed by atoms with van der Waals surface area (Å²) >= 11 is 4.73. The number of aliphatic hydroxyl groups excluding tert-OH is 1. The van der Waals surface area contributed by atoms with Crippen molar-refractivity contribution >= 4 is 26.1 Å². The van der Waals surface area contributed by atoms with Crippen LogP contribution in [-0.2, 0) is 13.3 Å². The third kappa shape index (κ3) is 10.7. The molecule has 0 saturated heterocycles. The Kier molecular flexibility index (Phi) is 13.4. The lowest BCUT2D eigenvalue weighted by atomic mass is 10.00. The molecule has 6 heteroatoms. The summed E-state index contributed by atoms with van der Waals surface area (Å²) in [5, 5.41) is 9.23. The third-order valence-electron chi connectivity index (χ3n) is 3.55. The molecule has 0 aliphatic rings. The van der Waals surface area contributed by atoms with E-state index in [2.05, 4.69) is 6.92 Å². The molecular weight excluding hydrogens is 316 g/mol. The van der Waals surface area contributed by atoms with E-state index in [9.17, 15) is 0 Å². The Morgan fingerprint density at radius 3 is 1.91 bits per heavy atom. The lowest BCUT2D eigenvalue weighted by molar-refractivity contribution is 0.0706. The molecule has 0 amide bonds. The summed E-state index contributed by atoms with van der Waals surface area (Å²) in [6.07, 6.45) is 6.38. The van der Waals surface area contributed by atoms with Gasteiger partial charge in [-0.2, -0.15) is 0 Å². The van der Waals surface area contributed by atoms with Crippen molar-refractivity contribution in [2.45, 2.75) is 72.3 Å². The van der Waals surface area contributed by atoms with Crippen molar-refractivity contribution in [2.24, 2.45) is 5.92 Å². The maximum absolute atomic E-state index is 9.10. The smallest absolute Gasteiger partial charge is 0.500 e. The third-order valence-corrected chi connectivity index (χ3v) is 6.86. The molecule has 0 fully saturated rings. The van der Waals surface area contributed by atoms with Gasteiger partial charge in [0, 0.05) is 32.3 Å². The molecule has 0 radical (unpaired) electrons. The first kappa shape index (κ1) is 22.0. The van der Waals surface area contributed by atoms with E-state index in [1.165, 1.54) is 12.8 Å². The molecule has 0 aliphatic carbocycles. The van der Waals surface area contributed by atoms with E-state index in [4.69, 9.17) is 30.6 Å². The van der Waals surface area contributed by atoms with Crippen molar-refractivity contribution in [1.82, 2.24) is 0 Å². The van der Waals surface area contributed by atoms with E-state index >= 15 is 0 Å². The predicted octanol–water partition coefficient (Wildman–Crippen LogP) is 4.90. The summed E-state index contributed by atoms with van der Waals surface area (Å²) in [5.41, 5.74) is 0. The highest BCUT2D eigenvalue weighted by Crippen LogP contribution is 2.21. The highest BCUT2D eigenvalue weighted by atomic mass is 32.1. The molecule has 0 aromatic carbocycles. The Bertz CT molecular complexity index is 272. The Morgan fingerprint density at radius 2 is 1.45 bits per heavy atom. The normalized spacial score (nSPS) is 13.3. The summed E-state index contributed by atoms with van der Waals surface area (Å²) in [4.78, 5) is 0. The summed E-state index contributed by atoms with van der Waals surface area (Å²) in [6, 6.07) is 0.902. The molecular formula is C16H34O4SSi. The van der Waals surface area contributed by atoms with Crippen LogP contribution in [0.4, 0.5) is 0 Å². The fourth-order valence-corrected chi connectivity index (χ4v) is 5.56. The second-order valence-corrected chi connectivity index (χ2v) is 8.84. The number of hydrogen-bond donors (Lipinski definition) is 1. The minimum Gasteiger partial charge on any atom is -0.502 e. The van der Waals surface area contributed by atoms with Crippen LogP contribution in [0, 0.1) is 5.92 Å². The standard InChI is InChI=1S/C16H34O4SSi/c1-5-18-22(19-6-2,20-7-3)13-11-9-8-10-12-15(4)14-16(17)21/h15H,5-14H2,1-4H3,(H,17,21). The van der Waals surface area contributed by atoms with Crippen LogP contribution in [-0.4, -0.2) is 38.8 Å². The van der Waals surface area contributed by atoms with Crippen LogP contribution >= 0.6 is 12.2 Å². The van der Waals surface area contributed by atoms with E-state index < -0.39 is 8.80 Å². The highest BCUT2D eigenvalue weighted by molar-refractivity contribution is 7.80. The summed E-state index contributed by atoms with van der Waals surface area (Å²) in [7, 11) is -2.45. The second-order valence-electron chi connectivity index (χ2n) is 5.64. The van der Waals surface area contributed by atoms with Crippen molar-refractivity contribution < 1.29 is 18.4 Å². The zero-order chi connectivity index (χ0) is 16.8. The minimum absolute atomic E-state index is 0.133. The van der Waals surface area contributed by atoms with Gasteiger partial charge in [-0.05, 0) is 45.3 Å². The quantitative estimate of drug-likeness (QED) is 0.259. The van der Waals surface area contributed by atoms with Gasteiger partial charge in [-0.3, -0.25) is 0 Å². The lowest BCUT2D eigenvalue weighted by Gasteiger charge is -2.28. The highest BCUT2D eigenvalue weighted by Gasteiger charge is 2.39. The molecule has 0 rings (SSSR count).